The van der Waals surface area contributed by atoms with Gasteiger partial charge in [0.2, 0.25) is 0 Å². The van der Waals surface area contributed by atoms with Crippen LogP contribution in [0.5, 0.6) is 5.75 Å². The van der Waals surface area contributed by atoms with E-state index in [0.29, 0.717) is 6.54 Å². The van der Waals surface area contributed by atoms with Crippen LogP contribution in [0, 0.1) is 0 Å². The highest BCUT2D eigenvalue weighted by Gasteiger charge is 2.14. The van der Waals surface area contributed by atoms with Crippen LogP contribution in [0.2, 0.25) is 5.02 Å². The van der Waals surface area contributed by atoms with Crippen LogP contribution >= 0.6 is 22.9 Å². The van der Waals surface area contributed by atoms with Gasteiger partial charge >= 0.3 is 0 Å². The Morgan fingerprint density at radius 3 is 2.95 bits per heavy atom. The Balaban J connectivity index is 2.09. The van der Waals surface area contributed by atoms with Crippen LogP contribution in [0.1, 0.15) is 30.0 Å². The van der Waals surface area contributed by atoms with Crippen LogP contribution < -0.4 is 10.1 Å². The Morgan fingerprint density at radius 1 is 1.47 bits per heavy atom. The predicted octanol–water partition coefficient (Wildman–Crippen LogP) is 4.05. The topological polar surface area (TPSA) is 34.1 Å². The second-order valence-corrected chi connectivity index (χ2v) is 5.47. The van der Waals surface area contributed by atoms with Gasteiger partial charge in [0.05, 0.1) is 13.2 Å². The number of thiazole rings is 1. The largest absolute Gasteiger partial charge is 0.496 e. The van der Waals surface area contributed by atoms with Gasteiger partial charge in [-0.25, -0.2) is 4.98 Å². The third kappa shape index (κ3) is 3.47. The Hall–Kier alpha value is -1.10. The molecule has 0 saturated heterocycles. The summed E-state index contributed by atoms with van der Waals surface area (Å²) >= 11 is 7.89. The highest BCUT2D eigenvalue weighted by Crippen LogP contribution is 2.27. The summed E-state index contributed by atoms with van der Waals surface area (Å²) < 4.78 is 5.35. The van der Waals surface area contributed by atoms with Crippen LogP contribution in [0.3, 0.4) is 0 Å². The van der Waals surface area contributed by atoms with E-state index in [2.05, 4.69) is 17.2 Å². The van der Waals surface area contributed by atoms with Gasteiger partial charge in [0.25, 0.3) is 0 Å². The molecule has 1 aromatic heterocycles. The van der Waals surface area contributed by atoms with Gasteiger partial charge in [-0.3, -0.25) is 0 Å². The molecule has 1 heterocycles. The molecule has 0 aliphatic rings. The summed E-state index contributed by atoms with van der Waals surface area (Å²) in [6.45, 7) is 2.81. The molecule has 102 valence electrons. The molecule has 0 aliphatic heterocycles. The van der Waals surface area contributed by atoms with Crippen molar-refractivity contribution in [3.05, 3.63) is 45.4 Å². The highest BCUT2D eigenvalue weighted by molar-refractivity contribution is 7.09. The minimum atomic E-state index is 0.251. The lowest BCUT2D eigenvalue weighted by molar-refractivity contribution is 0.404. The minimum absolute atomic E-state index is 0.251. The molecule has 19 heavy (non-hydrogen) atoms. The molecule has 0 aliphatic carbocycles. The molecule has 1 N–H and O–H groups in total. The van der Waals surface area contributed by atoms with Crippen molar-refractivity contribution in [2.75, 3.05) is 7.11 Å². The molecule has 2 rings (SSSR count). The van der Waals surface area contributed by atoms with E-state index in [1.165, 1.54) is 0 Å². The number of nitrogens with one attached hydrogen (secondary N) is 1. The number of rotatable bonds is 6. The van der Waals surface area contributed by atoms with E-state index in [0.717, 1.165) is 27.8 Å². The fraction of sp³-hybridized carbons (Fsp3) is 0.357. The van der Waals surface area contributed by atoms with E-state index >= 15 is 0 Å². The smallest absolute Gasteiger partial charge is 0.124 e. The number of methoxy groups -OCH3 is 1. The highest BCUT2D eigenvalue weighted by atomic mass is 35.5. The third-order valence-electron chi connectivity index (χ3n) is 2.98. The Morgan fingerprint density at radius 2 is 2.32 bits per heavy atom. The summed E-state index contributed by atoms with van der Waals surface area (Å²) in [5, 5.41) is 7.31. The lowest BCUT2D eigenvalue weighted by Gasteiger charge is -2.16. The van der Waals surface area contributed by atoms with Crippen molar-refractivity contribution in [2.45, 2.75) is 25.9 Å². The average molecular weight is 297 g/mol. The molecule has 0 spiro atoms. The molecule has 3 nitrogen and oxygen atoms in total. The van der Waals surface area contributed by atoms with Gasteiger partial charge in [-0.05, 0) is 18.6 Å². The minimum Gasteiger partial charge on any atom is -0.496 e. The first-order valence-corrected chi connectivity index (χ1v) is 7.46. The van der Waals surface area contributed by atoms with E-state index in [4.69, 9.17) is 16.3 Å². The number of hydrogen-bond acceptors (Lipinski definition) is 4. The molecule has 0 bridgehead atoms. The van der Waals surface area contributed by atoms with Crippen molar-refractivity contribution in [2.24, 2.45) is 0 Å². The molecule has 1 unspecified atom stereocenters. The quantitative estimate of drug-likeness (QED) is 0.873. The summed E-state index contributed by atoms with van der Waals surface area (Å²) in [7, 11) is 1.66. The molecule has 0 saturated carbocycles. The lowest BCUT2D eigenvalue weighted by atomic mass is 10.1. The maximum Gasteiger partial charge on any atom is 0.124 e. The van der Waals surface area contributed by atoms with Crippen molar-refractivity contribution in [3.63, 3.8) is 0 Å². The SMILES string of the molecule is CCC(NCc1c(Cl)cccc1OC)c1nccs1. The van der Waals surface area contributed by atoms with Gasteiger partial charge in [0.15, 0.2) is 0 Å². The van der Waals surface area contributed by atoms with Gasteiger partial charge in [-0.15, -0.1) is 11.3 Å². The van der Waals surface area contributed by atoms with Gasteiger partial charge in [-0.1, -0.05) is 24.6 Å². The van der Waals surface area contributed by atoms with Crippen LogP contribution in [0.4, 0.5) is 0 Å². The molecular formula is C14H17ClN2OS. The number of nitrogens with zero attached hydrogens (tertiary/aromatic N) is 1. The molecule has 2 aromatic rings. The lowest BCUT2D eigenvalue weighted by Crippen LogP contribution is -2.20. The molecular weight excluding hydrogens is 280 g/mol. The number of hydrogen-bond donors (Lipinski definition) is 1. The molecule has 5 heteroatoms. The first-order chi connectivity index (χ1) is 9.26. The van der Waals surface area contributed by atoms with Crippen molar-refractivity contribution in [3.8, 4) is 5.75 Å². The van der Waals surface area contributed by atoms with Crippen molar-refractivity contribution < 1.29 is 4.74 Å². The number of aromatic nitrogens is 1. The monoisotopic (exact) mass is 296 g/mol. The maximum atomic E-state index is 6.23. The molecule has 0 fully saturated rings. The second-order valence-electron chi connectivity index (χ2n) is 4.13. The zero-order valence-corrected chi connectivity index (χ0v) is 12.6. The summed E-state index contributed by atoms with van der Waals surface area (Å²) in [6, 6.07) is 5.95. The maximum absolute atomic E-state index is 6.23. The van der Waals surface area contributed by atoms with E-state index in [-0.39, 0.29) is 6.04 Å². The van der Waals surface area contributed by atoms with Gasteiger partial charge < -0.3 is 10.1 Å². The van der Waals surface area contributed by atoms with Crippen LogP contribution in [-0.4, -0.2) is 12.1 Å². The fourth-order valence-corrected chi connectivity index (χ4v) is 2.97. The molecule has 1 aromatic carbocycles. The van der Waals surface area contributed by atoms with E-state index in [1.54, 1.807) is 18.4 Å². The average Bonchev–Trinajstić information content (AvgIpc) is 2.95. The summed E-state index contributed by atoms with van der Waals surface area (Å²) in [5.41, 5.74) is 0.988. The number of halogens is 1. The van der Waals surface area contributed by atoms with Crippen LogP contribution in [-0.2, 0) is 6.54 Å². The van der Waals surface area contributed by atoms with Crippen molar-refractivity contribution in [1.82, 2.24) is 10.3 Å². The summed E-state index contributed by atoms with van der Waals surface area (Å²) in [4.78, 5) is 4.36. The summed E-state index contributed by atoms with van der Waals surface area (Å²) in [5.74, 6) is 0.814. The van der Waals surface area contributed by atoms with E-state index < -0.39 is 0 Å². The molecule has 0 radical (unpaired) electrons. The normalized spacial score (nSPS) is 12.4. The zero-order valence-electron chi connectivity index (χ0n) is 11.0. The van der Waals surface area contributed by atoms with Crippen LogP contribution in [0.15, 0.2) is 29.8 Å². The van der Waals surface area contributed by atoms with E-state index in [9.17, 15) is 0 Å². The Labute approximate surface area is 122 Å². The Kier molecular flexibility index (Phi) is 5.19. The van der Waals surface area contributed by atoms with Crippen molar-refractivity contribution >= 4 is 22.9 Å². The number of ether oxygens (including phenoxy) is 1. The number of benzene rings is 1. The van der Waals surface area contributed by atoms with Gasteiger partial charge in [0.1, 0.15) is 10.8 Å². The second kappa shape index (κ2) is 6.89. The summed E-state index contributed by atoms with van der Waals surface area (Å²) in [6.07, 6.45) is 2.82. The van der Waals surface area contributed by atoms with Gasteiger partial charge in [-0.2, -0.15) is 0 Å². The van der Waals surface area contributed by atoms with E-state index in [1.807, 2.05) is 29.8 Å². The Bertz CT molecular complexity index is 516. The fourth-order valence-electron chi connectivity index (χ4n) is 1.94. The third-order valence-corrected chi connectivity index (χ3v) is 4.22. The van der Waals surface area contributed by atoms with Gasteiger partial charge in [0, 0.05) is 28.7 Å². The first kappa shape index (κ1) is 14.3. The van der Waals surface area contributed by atoms with Crippen molar-refractivity contribution in [1.29, 1.82) is 0 Å². The molecule has 0 amide bonds. The standard InChI is InChI=1S/C14H17ClN2OS/c1-3-12(14-16-7-8-19-14)17-9-10-11(15)5-4-6-13(10)18-2/h4-8,12,17H,3,9H2,1-2H3. The first-order valence-electron chi connectivity index (χ1n) is 6.20. The zero-order chi connectivity index (χ0) is 13.7. The predicted molar refractivity (Wildman–Crippen MR) is 80.0 cm³/mol. The van der Waals surface area contributed by atoms with Crippen LogP contribution in [0.25, 0.3) is 0 Å². The molecule has 1 atom stereocenters.